The first kappa shape index (κ1) is 39.6. The second-order valence-electron chi connectivity index (χ2n) is 14.3. The highest BCUT2D eigenvalue weighted by Gasteiger charge is 2.09. The highest BCUT2D eigenvalue weighted by molar-refractivity contribution is 5.15. The highest BCUT2D eigenvalue weighted by atomic mass is 15.1. The van der Waals surface area contributed by atoms with Gasteiger partial charge in [0.05, 0.1) is 5.69 Å². The first-order chi connectivity index (χ1) is 22.3. The number of nitrogens with zero attached hydrogens (tertiary/aromatic N) is 2. The Bertz CT molecular complexity index is 869. The van der Waals surface area contributed by atoms with Crippen molar-refractivity contribution in [2.75, 3.05) is 0 Å². The van der Waals surface area contributed by atoms with Crippen LogP contribution in [0.5, 0.6) is 0 Å². The van der Waals surface area contributed by atoms with Crippen LogP contribution in [-0.2, 0) is 25.8 Å². The van der Waals surface area contributed by atoms with E-state index < -0.39 is 0 Å². The number of imidazole rings is 1. The molecule has 258 valence electrons. The molecule has 2 nitrogen and oxygen atoms in total. The van der Waals surface area contributed by atoms with Crippen molar-refractivity contribution in [1.29, 1.82) is 0 Å². The van der Waals surface area contributed by atoms with E-state index in [1.165, 1.54) is 197 Å². The molecule has 1 heterocycles. The Balaban J connectivity index is 1.58. The molecule has 0 bridgehead atoms. The molecule has 0 fully saturated rings. The zero-order valence-electron chi connectivity index (χ0n) is 30.5. The van der Waals surface area contributed by atoms with Crippen molar-refractivity contribution < 1.29 is 0 Å². The summed E-state index contributed by atoms with van der Waals surface area (Å²) in [5, 5.41) is 0. The molecule has 0 atom stereocenters. The standard InChI is InChI=1S/C43H76N2/c1-3-5-7-9-11-13-15-16-17-18-19-20-22-24-26-31-38-43-44-42(37-33-36-41-34-29-28-30-35-41)40-45(43)39-32-27-25-23-21-14-12-10-8-6-4-2/h28-30,34-35,40H,3-27,31-33,36-39H2,1-2H3. The number of unbranched alkanes of at least 4 members (excludes halogenated alkanes) is 25. The lowest BCUT2D eigenvalue weighted by atomic mass is 10.0. The highest BCUT2D eigenvalue weighted by Crippen LogP contribution is 2.17. The average molecular weight is 621 g/mol. The fraction of sp³-hybridized carbons (Fsp3) is 0.791. The van der Waals surface area contributed by atoms with Crippen LogP contribution >= 0.6 is 0 Å². The van der Waals surface area contributed by atoms with Gasteiger partial charge in [-0.05, 0) is 37.7 Å². The quantitative estimate of drug-likeness (QED) is 0.0726. The summed E-state index contributed by atoms with van der Waals surface area (Å²) in [6.45, 7) is 5.78. The van der Waals surface area contributed by atoms with E-state index in [2.05, 4.69) is 54.9 Å². The smallest absolute Gasteiger partial charge is 0.108 e. The SMILES string of the molecule is CCCCCCCCCCCCCCCCCCc1nc(CCCc2ccccc2)cn1CCCCCCCCCCCCC. The van der Waals surface area contributed by atoms with Crippen LogP contribution in [-0.4, -0.2) is 9.55 Å². The van der Waals surface area contributed by atoms with Crippen LogP contribution in [0.2, 0.25) is 0 Å². The molecule has 2 rings (SSSR count). The van der Waals surface area contributed by atoms with Crippen LogP contribution < -0.4 is 0 Å². The molecular weight excluding hydrogens is 544 g/mol. The van der Waals surface area contributed by atoms with Gasteiger partial charge in [0.15, 0.2) is 0 Å². The summed E-state index contributed by atoms with van der Waals surface area (Å²) in [6.07, 6.45) is 45.4. The van der Waals surface area contributed by atoms with Crippen LogP contribution in [0.15, 0.2) is 36.5 Å². The average Bonchev–Trinajstić information content (AvgIpc) is 3.45. The van der Waals surface area contributed by atoms with Crippen molar-refractivity contribution in [3.8, 4) is 0 Å². The van der Waals surface area contributed by atoms with Crippen molar-refractivity contribution in [1.82, 2.24) is 9.55 Å². The van der Waals surface area contributed by atoms with E-state index in [-0.39, 0.29) is 0 Å². The van der Waals surface area contributed by atoms with E-state index in [0.29, 0.717) is 0 Å². The molecule has 0 N–H and O–H groups in total. The van der Waals surface area contributed by atoms with Crippen LogP contribution in [0, 0.1) is 0 Å². The zero-order chi connectivity index (χ0) is 31.9. The first-order valence-electron chi connectivity index (χ1n) is 20.4. The number of aromatic nitrogens is 2. The van der Waals surface area contributed by atoms with Crippen LogP contribution in [0.4, 0.5) is 0 Å². The summed E-state index contributed by atoms with van der Waals surface area (Å²) in [7, 11) is 0. The van der Waals surface area contributed by atoms with E-state index >= 15 is 0 Å². The lowest BCUT2D eigenvalue weighted by molar-refractivity contribution is 0.517. The minimum atomic E-state index is 1.10. The van der Waals surface area contributed by atoms with Gasteiger partial charge in [-0.25, -0.2) is 4.98 Å². The minimum absolute atomic E-state index is 1.10. The Morgan fingerprint density at radius 3 is 1.31 bits per heavy atom. The molecule has 1 aromatic heterocycles. The first-order valence-corrected chi connectivity index (χ1v) is 20.4. The molecule has 0 unspecified atom stereocenters. The molecule has 0 amide bonds. The molecule has 0 saturated heterocycles. The van der Waals surface area contributed by atoms with E-state index in [0.717, 1.165) is 25.8 Å². The maximum absolute atomic E-state index is 5.18. The van der Waals surface area contributed by atoms with Crippen LogP contribution in [0.1, 0.15) is 211 Å². The van der Waals surface area contributed by atoms with E-state index in [1.807, 2.05) is 0 Å². The Morgan fingerprint density at radius 1 is 0.422 bits per heavy atom. The molecular formula is C43H76N2. The largest absolute Gasteiger partial charge is 0.335 e. The van der Waals surface area contributed by atoms with Crippen molar-refractivity contribution in [3.63, 3.8) is 0 Å². The second-order valence-corrected chi connectivity index (χ2v) is 14.3. The lowest BCUT2D eigenvalue weighted by Gasteiger charge is -2.08. The van der Waals surface area contributed by atoms with Gasteiger partial charge in [-0.1, -0.05) is 205 Å². The van der Waals surface area contributed by atoms with Gasteiger partial charge in [-0.3, -0.25) is 0 Å². The molecule has 1 aromatic carbocycles. The number of rotatable bonds is 33. The summed E-state index contributed by atoms with van der Waals surface area (Å²) < 4.78 is 2.54. The summed E-state index contributed by atoms with van der Waals surface area (Å²) >= 11 is 0. The minimum Gasteiger partial charge on any atom is -0.335 e. The van der Waals surface area contributed by atoms with Gasteiger partial charge in [0.2, 0.25) is 0 Å². The number of benzene rings is 1. The molecule has 0 aliphatic carbocycles. The summed E-state index contributed by atoms with van der Waals surface area (Å²) in [5.74, 6) is 1.36. The fourth-order valence-electron chi connectivity index (χ4n) is 6.92. The summed E-state index contributed by atoms with van der Waals surface area (Å²) in [4.78, 5) is 5.18. The number of hydrogen-bond donors (Lipinski definition) is 0. The summed E-state index contributed by atoms with van der Waals surface area (Å²) in [5.41, 5.74) is 2.77. The van der Waals surface area contributed by atoms with Gasteiger partial charge < -0.3 is 4.57 Å². The zero-order valence-corrected chi connectivity index (χ0v) is 30.5. The Kier molecular flexibility index (Phi) is 26.2. The third kappa shape index (κ3) is 22.6. The topological polar surface area (TPSA) is 17.8 Å². The summed E-state index contributed by atoms with van der Waals surface area (Å²) in [6, 6.07) is 11.0. The van der Waals surface area contributed by atoms with E-state index in [1.54, 1.807) is 0 Å². The normalized spacial score (nSPS) is 11.5. The van der Waals surface area contributed by atoms with Gasteiger partial charge in [0.25, 0.3) is 0 Å². The van der Waals surface area contributed by atoms with Crippen LogP contribution in [0.3, 0.4) is 0 Å². The van der Waals surface area contributed by atoms with Gasteiger partial charge in [0.1, 0.15) is 5.82 Å². The molecule has 0 aliphatic rings. The molecule has 45 heavy (non-hydrogen) atoms. The predicted molar refractivity (Wildman–Crippen MR) is 200 cm³/mol. The molecule has 2 aromatic rings. The third-order valence-electron chi connectivity index (χ3n) is 9.91. The predicted octanol–water partition coefficient (Wildman–Crippen LogP) is 14.2. The molecule has 0 spiro atoms. The number of hydrogen-bond acceptors (Lipinski definition) is 1. The van der Waals surface area contributed by atoms with E-state index in [9.17, 15) is 0 Å². The molecule has 0 aliphatic heterocycles. The van der Waals surface area contributed by atoms with E-state index in [4.69, 9.17) is 4.98 Å². The monoisotopic (exact) mass is 621 g/mol. The molecule has 0 radical (unpaired) electrons. The van der Waals surface area contributed by atoms with Gasteiger partial charge >= 0.3 is 0 Å². The van der Waals surface area contributed by atoms with Gasteiger partial charge in [-0.2, -0.15) is 0 Å². The lowest BCUT2D eigenvalue weighted by Crippen LogP contribution is -2.03. The fourth-order valence-corrected chi connectivity index (χ4v) is 6.92. The number of aryl methyl sites for hydroxylation is 4. The second kappa shape index (κ2) is 29.8. The van der Waals surface area contributed by atoms with Crippen molar-refractivity contribution in [2.24, 2.45) is 0 Å². The third-order valence-corrected chi connectivity index (χ3v) is 9.91. The molecule has 0 saturated carbocycles. The van der Waals surface area contributed by atoms with Gasteiger partial charge in [0, 0.05) is 19.2 Å². The van der Waals surface area contributed by atoms with Crippen molar-refractivity contribution in [3.05, 3.63) is 53.6 Å². The van der Waals surface area contributed by atoms with Gasteiger partial charge in [-0.15, -0.1) is 0 Å². The maximum Gasteiger partial charge on any atom is 0.108 e. The maximum atomic E-state index is 5.18. The van der Waals surface area contributed by atoms with Crippen molar-refractivity contribution >= 4 is 0 Å². The Labute approximate surface area is 282 Å². The Hall–Kier alpha value is -1.57. The Morgan fingerprint density at radius 2 is 0.844 bits per heavy atom. The van der Waals surface area contributed by atoms with Crippen molar-refractivity contribution in [2.45, 2.75) is 219 Å². The van der Waals surface area contributed by atoms with Crippen LogP contribution in [0.25, 0.3) is 0 Å². The molecule has 2 heteroatoms.